The lowest BCUT2D eigenvalue weighted by atomic mass is 10.0. The fourth-order valence-corrected chi connectivity index (χ4v) is 2.85. The normalized spacial score (nSPS) is 30.2. The predicted octanol–water partition coefficient (Wildman–Crippen LogP) is -0.311. The van der Waals surface area contributed by atoms with Crippen molar-refractivity contribution in [2.75, 3.05) is 6.54 Å². The average Bonchev–Trinajstić information content (AvgIpc) is 2.80. The topological polar surface area (TPSA) is 69.6 Å². The molecule has 0 aliphatic carbocycles. The van der Waals surface area contributed by atoms with Crippen molar-refractivity contribution < 1.29 is 14.7 Å². The molecule has 3 rings (SSSR count). The molecule has 1 aromatic carbocycles. The Labute approximate surface area is 111 Å². The zero-order chi connectivity index (χ0) is 13.4. The molecule has 1 unspecified atom stereocenters. The van der Waals surface area contributed by atoms with Gasteiger partial charge in [0.2, 0.25) is 11.8 Å². The van der Waals surface area contributed by atoms with Gasteiger partial charge in [-0.15, -0.1) is 0 Å². The first-order chi connectivity index (χ1) is 9.16. The largest absolute Gasteiger partial charge is 0.390 e. The van der Waals surface area contributed by atoms with Crippen LogP contribution >= 0.6 is 0 Å². The van der Waals surface area contributed by atoms with Gasteiger partial charge in [-0.3, -0.25) is 9.59 Å². The minimum absolute atomic E-state index is 0.0926. The molecule has 5 heteroatoms. The molecule has 5 nitrogen and oxygen atoms in total. The number of hydrogen-bond donors (Lipinski definition) is 2. The summed E-state index contributed by atoms with van der Waals surface area (Å²) in [5.74, 6) is -0.337. The molecule has 0 saturated carbocycles. The summed E-state index contributed by atoms with van der Waals surface area (Å²) in [7, 11) is 0. The first-order valence-corrected chi connectivity index (χ1v) is 6.49. The van der Waals surface area contributed by atoms with Crippen LogP contribution in [0.1, 0.15) is 12.0 Å². The quantitative estimate of drug-likeness (QED) is 0.766. The third-order valence-corrected chi connectivity index (χ3v) is 3.81. The second kappa shape index (κ2) is 4.66. The van der Waals surface area contributed by atoms with E-state index in [4.69, 9.17) is 0 Å². The van der Waals surface area contributed by atoms with Crippen molar-refractivity contribution >= 4 is 11.8 Å². The van der Waals surface area contributed by atoms with Crippen LogP contribution in [-0.4, -0.2) is 46.6 Å². The van der Waals surface area contributed by atoms with Gasteiger partial charge in [0, 0.05) is 13.0 Å². The fourth-order valence-electron chi connectivity index (χ4n) is 2.85. The van der Waals surface area contributed by atoms with Gasteiger partial charge in [-0.1, -0.05) is 30.3 Å². The van der Waals surface area contributed by atoms with Crippen LogP contribution in [0.3, 0.4) is 0 Å². The summed E-state index contributed by atoms with van der Waals surface area (Å²) in [5, 5.41) is 12.5. The van der Waals surface area contributed by atoms with Crippen LogP contribution in [0, 0.1) is 0 Å². The summed E-state index contributed by atoms with van der Waals surface area (Å²) in [6.07, 6.45) is 0.230. The van der Waals surface area contributed by atoms with Crippen LogP contribution < -0.4 is 5.32 Å². The van der Waals surface area contributed by atoms with Crippen molar-refractivity contribution in [3.05, 3.63) is 35.9 Å². The highest BCUT2D eigenvalue weighted by Crippen LogP contribution is 2.23. The van der Waals surface area contributed by atoms with Crippen molar-refractivity contribution in [3.63, 3.8) is 0 Å². The molecule has 0 aromatic heterocycles. The lowest BCUT2D eigenvalue weighted by Gasteiger charge is -2.35. The smallest absolute Gasteiger partial charge is 0.246 e. The van der Waals surface area contributed by atoms with Gasteiger partial charge in [-0.25, -0.2) is 0 Å². The second-order valence-corrected chi connectivity index (χ2v) is 5.08. The maximum Gasteiger partial charge on any atom is 0.246 e. The molecule has 2 saturated heterocycles. The highest BCUT2D eigenvalue weighted by atomic mass is 16.3. The number of piperazine rings is 1. The first-order valence-electron chi connectivity index (χ1n) is 6.49. The van der Waals surface area contributed by atoms with Gasteiger partial charge in [0.05, 0.1) is 6.10 Å². The molecule has 2 fully saturated rings. The van der Waals surface area contributed by atoms with Crippen molar-refractivity contribution in [3.8, 4) is 0 Å². The van der Waals surface area contributed by atoms with Crippen molar-refractivity contribution in [1.29, 1.82) is 0 Å². The van der Waals surface area contributed by atoms with E-state index in [-0.39, 0.29) is 11.8 Å². The van der Waals surface area contributed by atoms with E-state index < -0.39 is 18.2 Å². The zero-order valence-electron chi connectivity index (χ0n) is 10.5. The highest BCUT2D eigenvalue weighted by molar-refractivity contribution is 5.98. The van der Waals surface area contributed by atoms with E-state index in [9.17, 15) is 14.7 Å². The Morgan fingerprint density at radius 3 is 2.74 bits per heavy atom. The van der Waals surface area contributed by atoms with E-state index in [0.717, 1.165) is 5.56 Å². The number of aliphatic hydroxyl groups excluding tert-OH is 1. The van der Waals surface area contributed by atoms with E-state index in [1.807, 2.05) is 30.3 Å². The highest BCUT2D eigenvalue weighted by Gasteiger charge is 2.47. The third-order valence-electron chi connectivity index (χ3n) is 3.81. The number of nitrogens with one attached hydrogen (secondary N) is 1. The minimum Gasteiger partial charge on any atom is -0.390 e. The molecule has 3 atom stereocenters. The molecular weight excluding hydrogens is 244 g/mol. The van der Waals surface area contributed by atoms with Crippen LogP contribution in [-0.2, 0) is 16.0 Å². The summed E-state index contributed by atoms with van der Waals surface area (Å²) in [5.41, 5.74) is 1.01. The number of hydrogen-bond acceptors (Lipinski definition) is 3. The number of nitrogens with zero attached hydrogens (tertiary/aromatic N) is 1. The van der Waals surface area contributed by atoms with Crippen molar-refractivity contribution in [2.24, 2.45) is 0 Å². The van der Waals surface area contributed by atoms with Crippen LogP contribution in [0.2, 0.25) is 0 Å². The lowest BCUT2D eigenvalue weighted by molar-refractivity contribution is -0.149. The first kappa shape index (κ1) is 12.2. The Balaban J connectivity index is 1.78. The number of fused-ring (bicyclic) bond motifs is 1. The summed E-state index contributed by atoms with van der Waals surface area (Å²) in [6, 6.07) is 8.39. The van der Waals surface area contributed by atoms with Crippen LogP contribution in [0.5, 0.6) is 0 Å². The van der Waals surface area contributed by atoms with Gasteiger partial charge in [-0.2, -0.15) is 0 Å². The monoisotopic (exact) mass is 260 g/mol. The number of aliphatic hydroxyl groups is 1. The Kier molecular flexibility index (Phi) is 2.98. The Morgan fingerprint density at radius 1 is 1.26 bits per heavy atom. The van der Waals surface area contributed by atoms with E-state index in [2.05, 4.69) is 5.32 Å². The summed E-state index contributed by atoms with van der Waals surface area (Å²) >= 11 is 0. The van der Waals surface area contributed by atoms with E-state index in [0.29, 0.717) is 19.4 Å². The molecular formula is C14H16N2O3. The second-order valence-electron chi connectivity index (χ2n) is 5.08. The third kappa shape index (κ3) is 2.10. The van der Waals surface area contributed by atoms with E-state index in [1.54, 1.807) is 0 Å². The van der Waals surface area contributed by atoms with Gasteiger partial charge in [0.1, 0.15) is 12.1 Å². The van der Waals surface area contributed by atoms with Gasteiger partial charge in [-0.05, 0) is 12.0 Å². The van der Waals surface area contributed by atoms with Gasteiger partial charge in [0.25, 0.3) is 0 Å². The molecule has 100 valence electrons. The van der Waals surface area contributed by atoms with Crippen LogP contribution in [0.4, 0.5) is 0 Å². The van der Waals surface area contributed by atoms with Crippen molar-refractivity contribution in [2.45, 2.75) is 31.0 Å². The maximum absolute atomic E-state index is 12.3. The molecule has 2 N–H and O–H groups in total. The van der Waals surface area contributed by atoms with Gasteiger partial charge in [0.15, 0.2) is 0 Å². The number of rotatable bonds is 2. The average molecular weight is 260 g/mol. The number of carbonyl (C=O) groups is 2. The van der Waals surface area contributed by atoms with Crippen LogP contribution in [0.15, 0.2) is 30.3 Å². The van der Waals surface area contributed by atoms with E-state index in [1.165, 1.54) is 4.90 Å². The minimum atomic E-state index is -0.735. The standard InChI is InChI=1S/C14H16N2O3/c17-11-6-7-16-12(11)13(18)15-10(14(16)19)8-9-4-2-1-3-5-9/h1-5,10-12,17H,6-8H2,(H,15,18)/t10-,11?,12-/m0/s1. The predicted molar refractivity (Wildman–Crippen MR) is 68.2 cm³/mol. The molecule has 1 aromatic rings. The summed E-state index contributed by atoms with van der Waals surface area (Å²) in [6.45, 7) is 0.462. The van der Waals surface area contributed by atoms with Crippen LogP contribution in [0.25, 0.3) is 0 Å². The molecule has 2 aliphatic heterocycles. The SMILES string of the molecule is O=C1N[C@@H](Cc2ccccc2)C(=O)N2CCC(O)[C@@H]12. The zero-order valence-corrected chi connectivity index (χ0v) is 10.5. The van der Waals surface area contributed by atoms with Crippen molar-refractivity contribution in [1.82, 2.24) is 10.2 Å². The molecule has 0 spiro atoms. The summed E-state index contributed by atoms with van der Waals surface area (Å²) in [4.78, 5) is 25.8. The van der Waals surface area contributed by atoms with E-state index >= 15 is 0 Å². The number of benzene rings is 1. The number of amides is 2. The maximum atomic E-state index is 12.3. The summed E-state index contributed by atoms with van der Waals surface area (Å²) < 4.78 is 0. The molecule has 0 radical (unpaired) electrons. The Hall–Kier alpha value is -1.88. The fraction of sp³-hybridized carbons (Fsp3) is 0.429. The molecule has 2 heterocycles. The van der Waals surface area contributed by atoms with Gasteiger partial charge < -0.3 is 15.3 Å². The van der Waals surface area contributed by atoms with Gasteiger partial charge >= 0.3 is 0 Å². The Morgan fingerprint density at radius 2 is 2.00 bits per heavy atom. The lowest BCUT2D eigenvalue weighted by Crippen LogP contribution is -2.63. The molecule has 0 bridgehead atoms. The Bertz CT molecular complexity index is 503. The molecule has 19 heavy (non-hydrogen) atoms. The number of carbonyl (C=O) groups excluding carboxylic acids is 2. The molecule has 2 amide bonds. The molecule has 2 aliphatic rings.